The van der Waals surface area contributed by atoms with Gasteiger partial charge in [-0.2, -0.15) is 0 Å². The molecule has 0 saturated heterocycles. The van der Waals surface area contributed by atoms with E-state index in [2.05, 4.69) is 19.9 Å². The molecule has 46 valence electrons. The smallest absolute Gasteiger partial charge is 0.00625 e. The van der Waals surface area contributed by atoms with E-state index in [1.165, 1.54) is 6.20 Å². The number of nitrogens with two attached hydrogens (primary N) is 1. The Bertz CT molecular complexity index is 90.6. The van der Waals surface area contributed by atoms with Crippen molar-refractivity contribution < 1.29 is 0 Å². The summed E-state index contributed by atoms with van der Waals surface area (Å²) in [5.41, 5.74) is 5.08. The molecule has 0 aromatic heterocycles. The molecule has 0 aliphatic heterocycles. The quantitative estimate of drug-likeness (QED) is 0.539. The van der Waals surface area contributed by atoms with Crippen LogP contribution in [-0.2, 0) is 0 Å². The first kappa shape index (κ1) is 7.28. The average Bonchev–Trinajstić information content (AvgIpc) is 1.66. The monoisotopic (exact) mass is 111 g/mol. The second kappa shape index (κ2) is 4.44. The van der Waals surface area contributed by atoms with Gasteiger partial charge in [0.2, 0.25) is 0 Å². The fraction of sp³-hybridized carbons (Fsp3) is 0.429. The molecule has 0 amide bonds. The van der Waals surface area contributed by atoms with Crippen molar-refractivity contribution in [2.45, 2.75) is 13.8 Å². The van der Waals surface area contributed by atoms with Crippen LogP contribution < -0.4 is 5.73 Å². The molecule has 0 spiro atoms. The molecule has 0 aliphatic carbocycles. The van der Waals surface area contributed by atoms with E-state index < -0.39 is 0 Å². The van der Waals surface area contributed by atoms with Gasteiger partial charge in [0.15, 0.2) is 0 Å². The van der Waals surface area contributed by atoms with Crippen molar-refractivity contribution in [3.63, 3.8) is 0 Å². The lowest BCUT2D eigenvalue weighted by atomic mass is 10.2. The molecule has 0 aromatic carbocycles. The van der Waals surface area contributed by atoms with Crippen molar-refractivity contribution in [1.82, 2.24) is 0 Å². The van der Waals surface area contributed by atoms with Gasteiger partial charge in [-0.15, -0.1) is 0 Å². The summed E-state index contributed by atoms with van der Waals surface area (Å²) in [6, 6.07) is 0. The highest BCUT2D eigenvalue weighted by atomic mass is 14.5. The Hall–Kier alpha value is -0.720. The molecule has 1 nitrogen and oxygen atoms in total. The maximum absolute atomic E-state index is 5.08. The van der Waals surface area contributed by atoms with E-state index in [4.69, 9.17) is 5.73 Å². The van der Waals surface area contributed by atoms with Crippen molar-refractivity contribution in [1.29, 1.82) is 0 Å². The molecule has 1 heteroatoms. The van der Waals surface area contributed by atoms with Gasteiger partial charge < -0.3 is 5.73 Å². The highest BCUT2D eigenvalue weighted by molar-refractivity contribution is 5.01. The molecule has 0 atom stereocenters. The van der Waals surface area contributed by atoms with E-state index in [1.54, 1.807) is 0 Å². The molecule has 0 bridgehead atoms. The van der Waals surface area contributed by atoms with E-state index >= 15 is 0 Å². The molecule has 8 heavy (non-hydrogen) atoms. The lowest BCUT2D eigenvalue weighted by Crippen LogP contribution is -1.76. The SMILES string of the molecule is CC(C)/C=C\C=C/N. The first-order chi connectivity index (χ1) is 3.77. The highest BCUT2D eigenvalue weighted by Gasteiger charge is 1.77. The molecular formula is C7H13N. The second-order valence-electron chi connectivity index (χ2n) is 2.01. The number of allylic oxidation sites excluding steroid dienone is 3. The van der Waals surface area contributed by atoms with Gasteiger partial charge in [0.25, 0.3) is 0 Å². The third-order valence-electron chi connectivity index (χ3n) is 0.718. The van der Waals surface area contributed by atoms with Crippen LogP contribution in [0.5, 0.6) is 0 Å². The summed E-state index contributed by atoms with van der Waals surface area (Å²) in [6.07, 6.45) is 7.38. The topological polar surface area (TPSA) is 26.0 Å². The van der Waals surface area contributed by atoms with E-state index in [1.807, 2.05) is 12.2 Å². The van der Waals surface area contributed by atoms with Crippen LogP contribution in [0.3, 0.4) is 0 Å². The summed E-state index contributed by atoms with van der Waals surface area (Å²) < 4.78 is 0. The largest absolute Gasteiger partial charge is 0.405 e. The second-order valence-corrected chi connectivity index (χ2v) is 2.01. The van der Waals surface area contributed by atoms with Gasteiger partial charge in [0.1, 0.15) is 0 Å². The molecule has 0 saturated carbocycles. The van der Waals surface area contributed by atoms with Gasteiger partial charge in [-0.3, -0.25) is 0 Å². The standard InChI is InChI=1S/C7H13N/c1-7(2)5-3-4-6-8/h3-7H,8H2,1-2H3/b5-3-,6-4-. The van der Waals surface area contributed by atoms with Crippen LogP contribution in [0.4, 0.5) is 0 Å². The normalized spacial score (nSPS) is 12.4. The van der Waals surface area contributed by atoms with E-state index in [0.717, 1.165) is 0 Å². The van der Waals surface area contributed by atoms with Gasteiger partial charge in [0, 0.05) is 0 Å². The van der Waals surface area contributed by atoms with Crippen LogP contribution in [0.15, 0.2) is 24.4 Å². The van der Waals surface area contributed by atoms with Crippen LogP contribution in [0.25, 0.3) is 0 Å². The highest BCUT2D eigenvalue weighted by Crippen LogP contribution is 1.92. The minimum Gasteiger partial charge on any atom is -0.405 e. The van der Waals surface area contributed by atoms with Gasteiger partial charge in [0.05, 0.1) is 0 Å². The van der Waals surface area contributed by atoms with Crippen molar-refractivity contribution in [3.8, 4) is 0 Å². The summed E-state index contributed by atoms with van der Waals surface area (Å²) in [5.74, 6) is 0.617. The Balaban J connectivity index is 3.34. The molecular weight excluding hydrogens is 98.1 g/mol. The van der Waals surface area contributed by atoms with Crippen molar-refractivity contribution in [3.05, 3.63) is 24.4 Å². The van der Waals surface area contributed by atoms with Crippen LogP contribution in [0.1, 0.15) is 13.8 Å². The zero-order valence-corrected chi connectivity index (χ0v) is 5.46. The third kappa shape index (κ3) is 5.28. The Morgan fingerprint density at radius 1 is 1.25 bits per heavy atom. The molecule has 0 radical (unpaired) electrons. The Labute approximate surface area is 50.9 Å². The van der Waals surface area contributed by atoms with Gasteiger partial charge >= 0.3 is 0 Å². The maximum Gasteiger partial charge on any atom is -0.00625 e. The molecule has 0 heterocycles. The summed E-state index contributed by atoms with van der Waals surface area (Å²) in [4.78, 5) is 0. The third-order valence-corrected chi connectivity index (χ3v) is 0.718. The molecule has 2 N–H and O–H groups in total. The van der Waals surface area contributed by atoms with Crippen LogP contribution >= 0.6 is 0 Å². The molecule has 0 unspecified atom stereocenters. The minimum absolute atomic E-state index is 0.617. The zero-order chi connectivity index (χ0) is 6.41. The Morgan fingerprint density at radius 2 is 1.88 bits per heavy atom. The lowest BCUT2D eigenvalue weighted by Gasteiger charge is -1.87. The first-order valence-electron chi connectivity index (χ1n) is 2.82. The summed E-state index contributed by atoms with van der Waals surface area (Å²) >= 11 is 0. The summed E-state index contributed by atoms with van der Waals surface area (Å²) in [6.45, 7) is 4.25. The molecule has 0 aliphatic rings. The van der Waals surface area contributed by atoms with Crippen LogP contribution in [-0.4, -0.2) is 0 Å². The van der Waals surface area contributed by atoms with Crippen LogP contribution in [0, 0.1) is 5.92 Å². The molecule has 0 rings (SSSR count). The number of hydrogen-bond donors (Lipinski definition) is 1. The summed E-state index contributed by atoms with van der Waals surface area (Å²) in [7, 11) is 0. The van der Waals surface area contributed by atoms with E-state index in [0.29, 0.717) is 5.92 Å². The first-order valence-corrected chi connectivity index (χ1v) is 2.82. The molecule has 0 aromatic rings. The average molecular weight is 111 g/mol. The van der Waals surface area contributed by atoms with Crippen molar-refractivity contribution >= 4 is 0 Å². The summed E-state index contributed by atoms with van der Waals surface area (Å²) in [5, 5.41) is 0. The van der Waals surface area contributed by atoms with E-state index in [9.17, 15) is 0 Å². The predicted molar refractivity (Wildman–Crippen MR) is 37.3 cm³/mol. The van der Waals surface area contributed by atoms with Gasteiger partial charge in [-0.25, -0.2) is 0 Å². The Morgan fingerprint density at radius 3 is 2.25 bits per heavy atom. The van der Waals surface area contributed by atoms with Crippen molar-refractivity contribution in [2.75, 3.05) is 0 Å². The van der Waals surface area contributed by atoms with Crippen molar-refractivity contribution in [2.24, 2.45) is 11.7 Å². The molecule has 0 fully saturated rings. The maximum atomic E-state index is 5.08. The minimum atomic E-state index is 0.617. The Kier molecular flexibility index (Phi) is 4.04. The lowest BCUT2D eigenvalue weighted by molar-refractivity contribution is 0.832. The van der Waals surface area contributed by atoms with Gasteiger partial charge in [-0.05, 0) is 18.2 Å². The van der Waals surface area contributed by atoms with Gasteiger partial charge in [-0.1, -0.05) is 26.0 Å². The number of rotatable bonds is 2. The van der Waals surface area contributed by atoms with E-state index in [-0.39, 0.29) is 0 Å². The number of hydrogen-bond acceptors (Lipinski definition) is 1. The van der Waals surface area contributed by atoms with Crippen LogP contribution in [0.2, 0.25) is 0 Å². The zero-order valence-electron chi connectivity index (χ0n) is 5.46. The fourth-order valence-electron chi connectivity index (χ4n) is 0.351. The fourth-order valence-corrected chi connectivity index (χ4v) is 0.351. The predicted octanol–water partition coefficient (Wildman–Crippen LogP) is 1.67.